The average molecular weight is 419 g/mol. The molecule has 29 heavy (non-hydrogen) atoms. The van der Waals surface area contributed by atoms with Crippen LogP contribution in [0.1, 0.15) is 29.3 Å². The van der Waals surface area contributed by atoms with Crippen LogP contribution in [0, 0.1) is 5.92 Å². The van der Waals surface area contributed by atoms with Crippen molar-refractivity contribution >= 4 is 33.3 Å². The molecule has 1 aliphatic carbocycles. The summed E-state index contributed by atoms with van der Waals surface area (Å²) in [6.45, 7) is 2.30. The SMILES string of the molecule is C[C@@H]1CCc2c(sc3nc(SCc4ccccc4)n(-c4ccccc4)c(=O)c23)C1. The third-order valence-electron chi connectivity index (χ3n) is 5.52. The summed E-state index contributed by atoms with van der Waals surface area (Å²) in [5.74, 6) is 1.46. The van der Waals surface area contributed by atoms with Crippen molar-refractivity contribution in [3.63, 3.8) is 0 Å². The lowest BCUT2D eigenvalue weighted by molar-refractivity contribution is 0.509. The van der Waals surface area contributed by atoms with Crippen molar-refractivity contribution in [3.8, 4) is 5.69 Å². The van der Waals surface area contributed by atoms with E-state index in [1.165, 1.54) is 16.0 Å². The predicted octanol–water partition coefficient (Wildman–Crippen LogP) is 5.86. The Morgan fingerprint density at radius 3 is 2.59 bits per heavy atom. The van der Waals surface area contributed by atoms with Crippen LogP contribution in [0.25, 0.3) is 15.9 Å². The van der Waals surface area contributed by atoms with Gasteiger partial charge in [-0.15, -0.1) is 11.3 Å². The predicted molar refractivity (Wildman–Crippen MR) is 122 cm³/mol. The van der Waals surface area contributed by atoms with Gasteiger partial charge in [-0.2, -0.15) is 0 Å². The molecule has 146 valence electrons. The van der Waals surface area contributed by atoms with Crippen LogP contribution < -0.4 is 5.56 Å². The van der Waals surface area contributed by atoms with Gasteiger partial charge in [-0.3, -0.25) is 9.36 Å². The summed E-state index contributed by atoms with van der Waals surface area (Å²) in [5.41, 5.74) is 3.42. The number of fused-ring (bicyclic) bond motifs is 3. The van der Waals surface area contributed by atoms with Gasteiger partial charge in [0, 0.05) is 10.6 Å². The zero-order valence-corrected chi connectivity index (χ0v) is 17.9. The molecule has 5 rings (SSSR count). The van der Waals surface area contributed by atoms with Crippen molar-refractivity contribution in [2.24, 2.45) is 5.92 Å². The minimum Gasteiger partial charge on any atom is -0.268 e. The first kappa shape index (κ1) is 18.6. The molecular formula is C24H22N2OS2. The maximum absolute atomic E-state index is 13.7. The van der Waals surface area contributed by atoms with E-state index in [-0.39, 0.29) is 5.56 Å². The Bertz CT molecular complexity index is 1210. The Morgan fingerprint density at radius 2 is 1.83 bits per heavy atom. The van der Waals surface area contributed by atoms with Crippen LogP contribution in [-0.4, -0.2) is 9.55 Å². The van der Waals surface area contributed by atoms with E-state index in [0.29, 0.717) is 5.92 Å². The molecule has 0 saturated heterocycles. The van der Waals surface area contributed by atoms with Crippen LogP contribution in [0.5, 0.6) is 0 Å². The van der Waals surface area contributed by atoms with Crippen molar-refractivity contribution in [1.82, 2.24) is 9.55 Å². The molecule has 0 amide bonds. The molecule has 0 N–H and O–H groups in total. The summed E-state index contributed by atoms with van der Waals surface area (Å²) in [6.07, 6.45) is 3.19. The number of benzene rings is 2. The fourth-order valence-electron chi connectivity index (χ4n) is 3.99. The number of hydrogen-bond donors (Lipinski definition) is 0. The Hall–Kier alpha value is -2.37. The largest absolute Gasteiger partial charge is 0.268 e. The molecule has 0 saturated carbocycles. The van der Waals surface area contributed by atoms with Gasteiger partial charge in [0.1, 0.15) is 4.83 Å². The Morgan fingerprint density at radius 1 is 1.10 bits per heavy atom. The first-order valence-corrected chi connectivity index (χ1v) is 11.8. The molecule has 5 heteroatoms. The second-order valence-corrected chi connectivity index (χ2v) is 9.70. The van der Waals surface area contributed by atoms with Crippen LogP contribution in [0.15, 0.2) is 70.6 Å². The van der Waals surface area contributed by atoms with Gasteiger partial charge in [-0.05, 0) is 48.4 Å². The van der Waals surface area contributed by atoms with Crippen LogP contribution >= 0.6 is 23.1 Å². The topological polar surface area (TPSA) is 34.9 Å². The van der Waals surface area contributed by atoms with Gasteiger partial charge in [0.25, 0.3) is 5.56 Å². The molecular weight excluding hydrogens is 396 g/mol. The van der Waals surface area contributed by atoms with Crippen LogP contribution in [-0.2, 0) is 18.6 Å². The zero-order chi connectivity index (χ0) is 19.8. The highest BCUT2D eigenvalue weighted by Crippen LogP contribution is 2.37. The van der Waals surface area contributed by atoms with Crippen molar-refractivity contribution in [3.05, 3.63) is 87.0 Å². The minimum absolute atomic E-state index is 0.0730. The summed E-state index contributed by atoms with van der Waals surface area (Å²) < 4.78 is 1.81. The molecule has 1 atom stereocenters. The molecule has 2 aromatic heterocycles. The van der Waals surface area contributed by atoms with Crippen molar-refractivity contribution < 1.29 is 0 Å². The van der Waals surface area contributed by atoms with E-state index < -0.39 is 0 Å². The summed E-state index contributed by atoms with van der Waals surface area (Å²) in [7, 11) is 0. The van der Waals surface area contributed by atoms with E-state index in [1.807, 2.05) is 48.5 Å². The standard InChI is InChI=1S/C24H22N2OS2/c1-16-12-13-19-20(14-16)29-22-21(19)23(27)26(18-10-6-3-7-11-18)24(25-22)28-15-17-8-4-2-5-9-17/h2-11,16H,12-15H2,1H3/t16-/m1/s1. The maximum Gasteiger partial charge on any atom is 0.267 e. The Labute approximate surface area is 178 Å². The number of thioether (sulfide) groups is 1. The monoisotopic (exact) mass is 418 g/mol. The quantitative estimate of drug-likeness (QED) is 0.307. The minimum atomic E-state index is 0.0730. The number of aromatic nitrogens is 2. The van der Waals surface area contributed by atoms with Crippen LogP contribution in [0.3, 0.4) is 0 Å². The summed E-state index contributed by atoms with van der Waals surface area (Å²) in [5, 5.41) is 1.61. The van der Waals surface area contributed by atoms with E-state index in [2.05, 4.69) is 19.1 Å². The van der Waals surface area contributed by atoms with Crippen molar-refractivity contribution in [2.45, 2.75) is 37.1 Å². The molecule has 1 aliphatic rings. The highest BCUT2D eigenvalue weighted by atomic mass is 32.2. The van der Waals surface area contributed by atoms with Gasteiger partial charge in [0.15, 0.2) is 5.16 Å². The fourth-order valence-corrected chi connectivity index (χ4v) is 6.39. The number of rotatable bonds is 4. The van der Waals surface area contributed by atoms with E-state index >= 15 is 0 Å². The van der Waals surface area contributed by atoms with Gasteiger partial charge in [-0.25, -0.2) is 4.98 Å². The zero-order valence-electron chi connectivity index (χ0n) is 16.3. The molecule has 0 radical (unpaired) electrons. The number of aryl methyl sites for hydroxylation is 1. The lowest BCUT2D eigenvalue weighted by Gasteiger charge is -2.17. The van der Waals surface area contributed by atoms with Crippen molar-refractivity contribution in [1.29, 1.82) is 0 Å². The molecule has 0 bridgehead atoms. The fraction of sp³-hybridized carbons (Fsp3) is 0.250. The van der Waals surface area contributed by atoms with Gasteiger partial charge in [-0.1, -0.05) is 67.2 Å². The summed E-state index contributed by atoms with van der Waals surface area (Å²) in [4.78, 5) is 20.9. The van der Waals surface area contributed by atoms with Gasteiger partial charge in [0.2, 0.25) is 0 Å². The van der Waals surface area contributed by atoms with Crippen LogP contribution in [0.2, 0.25) is 0 Å². The van der Waals surface area contributed by atoms with E-state index in [1.54, 1.807) is 27.7 Å². The molecule has 0 aliphatic heterocycles. The molecule has 2 heterocycles. The first-order chi connectivity index (χ1) is 14.2. The van der Waals surface area contributed by atoms with Gasteiger partial charge in [0.05, 0.1) is 11.1 Å². The van der Waals surface area contributed by atoms with Gasteiger partial charge < -0.3 is 0 Å². The molecule has 3 nitrogen and oxygen atoms in total. The number of nitrogens with zero attached hydrogens (tertiary/aromatic N) is 2. The van der Waals surface area contributed by atoms with E-state index in [9.17, 15) is 4.79 Å². The number of hydrogen-bond acceptors (Lipinski definition) is 4. The normalized spacial score (nSPS) is 16.1. The lowest BCUT2D eigenvalue weighted by Crippen LogP contribution is -2.22. The molecule has 0 spiro atoms. The second-order valence-electron chi connectivity index (χ2n) is 7.68. The van der Waals surface area contributed by atoms with Crippen LogP contribution in [0.4, 0.5) is 0 Å². The first-order valence-electron chi connectivity index (χ1n) is 10.00. The highest BCUT2D eigenvalue weighted by molar-refractivity contribution is 7.98. The molecule has 2 aromatic carbocycles. The molecule has 4 aromatic rings. The average Bonchev–Trinajstić information content (AvgIpc) is 3.11. The second kappa shape index (κ2) is 7.81. The van der Waals surface area contributed by atoms with Gasteiger partial charge >= 0.3 is 0 Å². The third-order valence-corrected chi connectivity index (χ3v) is 7.68. The lowest BCUT2D eigenvalue weighted by atomic mass is 9.89. The Balaban J connectivity index is 1.67. The van der Waals surface area contributed by atoms with Crippen molar-refractivity contribution in [2.75, 3.05) is 0 Å². The summed E-state index contributed by atoms with van der Waals surface area (Å²) >= 11 is 3.35. The molecule has 0 fully saturated rings. The third kappa shape index (κ3) is 3.53. The smallest absolute Gasteiger partial charge is 0.267 e. The van der Waals surface area contributed by atoms with E-state index in [0.717, 1.165) is 46.1 Å². The number of thiophene rings is 1. The number of para-hydroxylation sites is 1. The molecule has 0 unspecified atom stereocenters. The Kier molecular flexibility index (Phi) is 5.02. The highest BCUT2D eigenvalue weighted by Gasteiger charge is 2.25. The summed E-state index contributed by atoms with van der Waals surface area (Å²) in [6, 6.07) is 20.2. The van der Waals surface area contributed by atoms with E-state index in [4.69, 9.17) is 4.98 Å². The maximum atomic E-state index is 13.7.